The van der Waals surface area contributed by atoms with Crippen LogP contribution in [0, 0.1) is 15.2 Å². The number of hydrogen-bond acceptors (Lipinski definition) is 4. The molecular weight excluding hydrogens is 571 g/mol. The van der Waals surface area contributed by atoms with E-state index in [1.54, 1.807) is 24.3 Å². The molecule has 1 aliphatic heterocycles. The van der Waals surface area contributed by atoms with Crippen molar-refractivity contribution in [1.82, 2.24) is 9.80 Å². The molecule has 1 heterocycles. The Labute approximate surface area is 224 Å². The average Bonchev–Trinajstić information content (AvgIpc) is 2.89. The van der Waals surface area contributed by atoms with Crippen LogP contribution >= 0.6 is 22.6 Å². The highest BCUT2D eigenvalue weighted by molar-refractivity contribution is 14.1. The van der Waals surface area contributed by atoms with Crippen molar-refractivity contribution in [3.8, 4) is 0 Å². The van der Waals surface area contributed by atoms with Crippen LogP contribution in [0.4, 0.5) is 25.8 Å². The van der Waals surface area contributed by atoms with Gasteiger partial charge in [-0.3, -0.25) is 0 Å². The topological polar surface area (TPSA) is 58.5 Å². The molecule has 1 aliphatic rings. The lowest BCUT2D eigenvalue weighted by Crippen LogP contribution is -2.47. The number of piperazine rings is 1. The third-order valence-electron chi connectivity index (χ3n) is 6.48. The minimum Gasteiger partial charge on any atom is -0.341 e. The van der Waals surface area contributed by atoms with Crippen LogP contribution in [0.1, 0.15) is 12.0 Å². The molecule has 3 aromatic carbocycles. The molecule has 0 atom stereocenters. The van der Waals surface area contributed by atoms with Gasteiger partial charge in [-0.25, -0.2) is 8.78 Å². The van der Waals surface area contributed by atoms with Gasteiger partial charge < -0.3 is 14.7 Å². The van der Waals surface area contributed by atoms with E-state index in [1.165, 1.54) is 29.8 Å². The first-order valence-corrected chi connectivity index (χ1v) is 13.2. The quantitative estimate of drug-likeness (QED) is 0.110. The van der Waals surface area contributed by atoms with Crippen LogP contribution in [0.5, 0.6) is 0 Å². The fraction of sp³-hybridized carbons (Fsp3) is 0.333. The van der Waals surface area contributed by atoms with Gasteiger partial charge in [-0.1, -0.05) is 17.2 Å². The maximum absolute atomic E-state index is 13.5. The highest BCUT2D eigenvalue weighted by Gasteiger charge is 2.17. The van der Waals surface area contributed by atoms with E-state index in [0.29, 0.717) is 5.69 Å². The highest BCUT2D eigenvalue weighted by Crippen LogP contribution is 2.26. The molecule has 3 aromatic rings. The summed E-state index contributed by atoms with van der Waals surface area (Å²) >= 11 is 2.21. The van der Waals surface area contributed by atoms with Gasteiger partial charge in [-0.2, -0.15) is 0 Å². The van der Waals surface area contributed by atoms with Crippen molar-refractivity contribution in [1.29, 1.82) is 0 Å². The molecule has 4 rings (SSSR count). The number of nitrogens with zero attached hydrogens (tertiary/aromatic N) is 6. The maximum Gasteiger partial charge on any atom is 0.123 e. The van der Waals surface area contributed by atoms with Gasteiger partial charge in [0.15, 0.2) is 0 Å². The molecule has 0 aromatic heterocycles. The lowest BCUT2D eigenvalue weighted by atomic mass is 10.1. The summed E-state index contributed by atoms with van der Waals surface area (Å²) in [6.45, 7) is 6.88. The smallest absolute Gasteiger partial charge is 0.123 e. The van der Waals surface area contributed by atoms with Crippen molar-refractivity contribution >= 4 is 39.7 Å². The number of azide groups is 1. The predicted molar refractivity (Wildman–Crippen MR) is 149 cm³/mol. The largest absolute Gasteiger partial charge is 0.341 e. The summed E-state index contributed by atoms with van der Waals surface area (Å²) in [6, 6.07) is 18.9. The zero-order valence-corrected chi connectivity index (χ0v) is 22.2. The van der Waals surface area contributed by atoms with Gasteiger partial charge in [0.2, 0.25) is 0 Å². The molecule has 36 heavy (non-hydrogen) atoms. The van der Waals surface area contributed by atoms with Crippen LogP contribution in [-0.4, -0.2) is 55.6 Å². The number of benzene rings is 3. The standard InChI is InChI=1S/C27H29F2IN6/c28-22-3-7-24(8-4-22)36(25-9-5-23(29)6-10-25)14-1-13-34-16-18-35(19-17-34)15-12-21-2-11-27(32-33-31)26(30)20-21/h2-11,20H,1,12-19H2/i30-2. The Bertz CT molecular complexity index is 1130. The number of rotatable bonds is 10. The molecule has 0 amide bonds. The van der Waals surface area contributed by atoms with Crippen LogP contribution < -0.4 is 4.90 Å². The second kappa shape index (κ2) is 13.0. The molecule has 9 heteroatoms. The molecule has 6 nitrogen and oxygen atoms in total. The van der Waals surface area contributed by atoms with E-state index >= 15 is 0 Å². The Kier molecular flexibility index (Phi) is 9.52. The fourth-order valence-corrected chi connectivity index (χ4v) is 5.15. The van der Waals surface area contributed by atoms with Gasteiger partial charge in [0.05, 0.1) is 5.69 Å². The first kappa shape index (κ1) is 26.3. The third-order valence-corrected chi connectivity index (χ3v) is 7.34. The molecule has 1 saturated heterocycles. The number of halogens is 3. The van der Waals surface area contributed by atoms with Crippen LogP contribution in [0.3, 0.4) is 0 Å². The number of hydrogen-bond donors (Lipinski definition) is 0. The second-order valence-corrected chi connectivity index (χ2v) is 10.0. The third kappa shape index (κ3) is 7.39. The first-order valence-electron chi connectivity index (χ1n) is 12.1. The Morgan fingerprint density at radius 3 is 1.92 bits per heavy atom. The van der Waals surface area contributed by atoms with E-state index in [1.807, 2.05) is 12.1 Å². The minimum absolute atomic E-state index is 0.268. The summed E-state index contributed by atoms with van der Waals surface area (Å²) in [5, 5.41) is 3.71. The summed E-state index contributed by atoms with van der Waals surface area (Å²) in [7, 11) is 0. The van der Waals surface area contributed by atoms with E-state index in [2.05, 4.69) is 53.4 Å². The SMILES string of the molecule is [N-]=[N+]=Nc1ccc(CCN2CCN(CCCN(c3ccc(F)cc3)c3ccc(F)cc3)CC2)cc1[125I]. The van der Waals surface area contributed by atoms with Crippen LogP contribution in [0.2, 0.25) is 0 Å². The van der Waals surface area contributed by atoms with Crippen LogP contribution in [0.15, 0.2) is 71.8 Å². The van der Waals surface area contributed by atoms with Crippen molar-refractivity contribution in [2.45, 2.75) is 12.8 Å². The molecule has 0 N–H and O–H groups in total. The van der Waals surface area contributed by atoms with E-state index in [9.17, 15) is 8.78 Å². The van der Waals surface area contributed by atoms with Crippen molar-refractivity contribution in [3.63, 3.8) is 0 Å². The zero-order valence-electron chi connectivity index (χ0n) is 20.0. The van der Waals surface area contributed by atoms with E-state index in [4.69, 9.17) is 5.53 Å². The van der Waals surface area contributed by atoms with E-state index in [-0.39, 0.29) is 11.6 Å². The lowest BCUT2D eigenvalue weighted by molar-refractivity contribution is 0.133. The molecule has 0 aliphatic carbocycles. The molecule has 0 unspecified atom stereocenters. The summed E-state index contributed by atoms with van der Waals surface area (Å²) < 4.78 is 27.9. The van der Waals surface area contributed by atoms with Crippen molar-refractivity contribution in [2.24, 2.45) is 5.11 Å². The Hall–Kier alpha value is -2.72. The summed E-state index contributed by atoms with van der Waals surface area (Å²) in [4.78, 5) is 9.96. The zero-order chi connectivity index (χ0) is 25.3. The molecule has 0 bridgehead atoms. The van der Waals surface area contributed by atoms with Crippen molar-refractivity contribution < 1.29 is 8.78 Å². The molecule has 0 radical (unpaired) electrons. The normalized spacial score (nSPS) is 14.4. The molecule has 0 spiro atoms. The number of anilines is 2. The van der Waals surface area contributed by atoms with Crippen LogP contribution in [0.25, 0.3) is 10.4 Å². The molecule has 0 saturated carbocycles. The minimum atomic E-state index is -0.268. The van der Waals surface area contributed by atoms with Gasteiger partial charge in [0.1, 0.15) is 11.6 Å². The van der Waals surface area contributed by atoms with Crippen molar-refractivity contribution in [2.75, 3.05) is 50.7 Å². The highest BCUT2D eigenvalue weighted by atomic mass is 125. The fourth-order valence-electron chi connectivity index (χ4n) is 4.46. The van der Waals surface area contributed by atoms with Gasteiger partial charge >= 0.3 is 0 Å². The van der Waals surface area contributed by atoms with Crippen LogP contribution in [-0.2, 0) is 6.42 Å². The van der Waals surface area contributed by atoms with Gasteiger partial charge in [-0.05, 0) is 108 Å². The second-order valence-electron chi connectivity index (χ2n) is 8.87. The first-order chi connectivity index (χ1) is 17.5. The van der Waals surface area contributed by atoms with Crippen molar-refractivity contribution in [3.05, 3.63) is 97.9 Å². The molecular formula is C27H29F2IN6. The summed E-state index contributed by atoms with van der Waals surface area (Å²) in [6.07, 6.45) is 1.92. The van der Waals surface area contributed by atoms with Gasteiger partial charge in [-0.15, -0.1) is 0 Å². The Morgan fingerprint density at radius 1 is 0.833 bits per heavy atom. The van der Waals surface area contributed by atoms with Gasteiger partial charge in [0.25, 0.3) is 0 Å². The Morgan fingerprint density at radius 2 is 1.39 bits per heavy atom. The molecule has 188 valence electrons. The maximum atomic E-state index is 13.5. The van der Waals surface area contributed by atoms with E-state index < -0.39 is 0 Å². The summed E-state index contributed by atoms with van der Waals surface area (Å²) in [5.74, 6) is -0.536. The predicted octanol–water partition coefficient (Wildman–Crippen LogP) is 6.90. The van der Waals surface area contributed by atoms with E-state index in [0.717, 1.165) is 73.6 Å². The monoisotopic (exact) mass is 600 g/mol. The molecule has 1 fully saturated rings. The lowest BCUT2D eigenvalue weighted by Gasteiger charge is -2.35. The van der Waals surface area contributed by atoms with Gasteiger partial charge in [0, 0.05) is 59.1 Å². The average molecular weight is 600 g/mol. The summed E-state index contributed by atoms with van der Waals surface area (Å²) in [5.41, 5.74) is 12.3. The Balaban J connectivity index is 1.24.